The Balaban J connectivity index is 2.86. The SMILES string of the molecule is COc1cccc(N(CCC(C)C)CC(C)C(=O)O)c1. The molecule has 1 N–H and O–H groups in total. The van der Waals surface area contributed by atoms with Crippen LogP contribution in [-0.2, 0) is 4.79 Å². The molecule has 0 aliphatic carbocycles. The fourth-order valence-electron chi connectivity index (χ4n) is 1.96. The highest BCUT2D eigenvalue weighted by molar-refractivity contribution is 5.70. The summed E-state index contributed by atoms with van der Waals surface area (Å²) in [5.41, 5.74) is 1.01. The summed E-state index contributed by atoms with van der Waals surface area (Å²) in [7, 11) is 1.64. The predicted molar refractivity (Wildman–Crippen MR) is 81.5 cm³/mol. The molecule has 0 heterocycles. The van der Waals surface area contributed by atoms with E-state index in [2.05, 4.69) is 18.7 Å². The van der Waals surface area contributed by atoms with E-state index in [1.54, 1.807) is 14.0 Å². The van der Waals surface area contributed by atoms with Crippen molar-refractivity contribution in [3.63, 3.8) is 0 Å². The minimum absolute atomic E-state index is 0.395. The second-order valence-electron chi connectivity index (χ2n) is 5.57. The third-order valence-electron chi connectivity index (χ3n) is 3.31. The van der Waals surface area contributed by atoms with E-state index >= 15 is 0 Å². The van der Waals surface area contributed by atoms with E-state index in [1.165, 1.54) is 0 Å². The van der Waals surface area contributed by atoms with Gasteiger partial charge >= 0.3 is 5.97 Å². The second kappa shape index (κ2) is 7.78. The molecule has 0 saturated heterocycles. The number of benzene rings is 1. The summed E-state index contributed by atoms with van der Waals surface area (Å²) < 4.78 is 5.24. The molecule has 4 heteroatoms. The Morgan fingerprint density at radius 2 is 2.05 bits per heavy atom. The van der Waals surface area contributed by atoms with Crippen molar-refractivity contribution < 1.29 is 14.6 Å². The fraction of sp³-hybridized carbons (Fsp3) is 0.562. The molecule has 0 aliphatic heterocycles. The zero-order valence-electron chi connectivity index (χ0n) is 12.8. The smallest absolute Gasteiger partial charge is 0.308 e. The normalized spacial score (nSPS) is 12.2. The first-order chi connectivity index (χ1) is 9.43. The number of hydrogen-bond acceptors (Lipinski definition) is 3. The lowest BCUT2D eigenvalue weighted by molar-refractivity contribution is -0.140. The first kappa shape index (κ1) is 16.3. The van der Waals surface area contributed by atoms with Gasteiger partial charge in [-0.1, -0.05) is 26.8 Å². The number of carboxylic acid groups (broad SMARTS) is 1. The lowest BCUT2D eigenvalue weighted by Gasteiger charge is -2.27. The summed E-state index contributed by atoms with van der Waals surface area (Å²) >= 11 is 0. The van der Waals surface area contributed by atoms with Crippen LogP contribution < -0.4 is 9.64 Å². The van der Waals surface area contributed by atoms with Crippen LogP contribution >= 0.6 is 0 Å². The molecule has 4 nitrogen and oxygen atoms in total. The maximum Gasteiger partial charge on any atom is 0.308 e. The van der Waals surface area contributed by atoms with Gasteiger partial charge in [-0.25, -0.2) is 0 Å². The van der Waals surface area contributed by atoms with Crippen molar-refractivity contribution in [3.8, 4) is 5.75 Å². The van der Waals surface area contributed by atoms with Gasteiger partial charge in [0.1, 0.15) is 5.75 Å². The molecule has 0 bridgehead atoms. The largest absolute Gasteiger partial charge is 0.497 e. The zero-order valence-corrected chi connectivity index (χ0v) is 12.8. The number of hydrogen-bond donors (Lipinski definition) is 1. The molecule has 1 atom stereocenters. The second-order valence-corrected chi connectivity index (χ2v) is 5.57. The lowest BCUT2D eigenvalue weighted by Crippen LogP contribution is -2.33. The Morgan fingerprint density at radius 3 is 2.60 bits per heavy atom. The van der Waals surface area contributed by atoms with Crippen LogP contribution in [0.5, 0.6) is 5.75 Å². The van der Waals surface area contributed by atoms with Crippen LogP contribution in [0.25, 0.3) is 0 Å². The number of aliphatic carboxylic acids is 1. The van der Waals surface area contributed by atoms with Crippen molar-refractivity contribution >= 4 is 11.7 Å². The Morgan fingerprint density at radius 1 is 1.35 bits per heavy atom. The maximum absolute atomic E-state index is 11.1. The van der Waals surface area contributed by atoms with Gasteiger partial charge in [0.05, 0.1) is 13.0 Å². The number of carboxylic acids is 1. The molecule has 0 radical (unpaired) electrons. The summed E-state index contributed by atoms with van der Waals surface area (Å²) in [6, 6.07) is 7.78. The van der Waals surface area contributed by atoms with E-state index in [1.807, 2.05) is 24.3 Å². The molecule has 0 aromatic heterocycles. The Kier molecular flexibility index (Phi) is 6.36. The van der Waals surface area contributed by atoms with E-state index in [4.69, 9.17) is 9.84 Å². The zero-order chi connectivity index (χ0) is 15.1. The highest BCUT2D eigenvalue weighted by Crippen LogP contribution is 2.22. The third-order valence-corrected chi connectivity index (χ3v) is 3.31. The van der Waals surface area contributed by atoms with Crippen LogP contribution in [0.15, 0.2) is 24.3 Å². The minimum Gasteiger partial charge on any atom is -0.497 e. The van der Waals surface area contributed by atoms with Crippen LogP contribution in [0.4, 0.5) is 5.69 Å². The van der Waals surface area contributed by atoms with Crippen molar-refractivity contribution in [3.05, 3.63) is 24.3 Å². The molecule has 0 amide bonds. The molecule has 0 spiro atoms. The quantitative estimate of drug-likeness (QED) is 0.793. The van der Waals surface area contributed by atoms with Crippen LogP contribution in [0.2, 0.25) is 0 Å². The standard InChI is InChI=1S/C16H25NO3/c1-12(2)8-9-17(11-13(3)16(18)19)14-6-5-7-15(10-14)20-4/h5-7,10,12-13H,8-9,11H2,1-4H3,(H,18,19). The van der Waals surface area contributed by atoms with E-state index in [0.29, 0.717) is 12.5 Å². The van der Waals surface area contributed by atoms with Crippen molar-refractivity contribution in [2.75, 3.05) is 25.1 Å². The average molecular weight is 279 g/mol. The molecule has 112 valence electrons. The number of ether oxygens (including phenoxy) is 1. The van der Waals surface area contributed by atoms with Crippen molar-refractivity contribution in [2.45, 2.75) is 27.2 Å². The molecule has 0 saturated carbocycles. The molecule has 1 aromatic rings. The van der Waals surface area contributed by atoms with Crippen LogP contribution in [0, 0.1) is 11.8 Å². The molecule has 1 unspecified atom stereocenters. The van der Waals surface area contributed by atoms with Gasteiger partial charge < -0.3 is 14.7 Å². The van der Waals surface area contributed by atoms with E-state index < -0.39 is 11.9 Å². The highest BCUT2D eigenvalue weighted by Gasteiger charge is 2.17. The van der Waals surface area contributed by atoms with Gasteiger partial charge in [0.15, 0.2) is 0 Å². The number of methoxy groups -OCH3 is 1. The number of anilines is 1. The third kappa shape index (κ3) is 5.11. The van der Waals surface area contributed by atoms with Crippen molar-refractivity contribution in [1.29, 1.82) is 0 Å². The van der Waals surface area contributed by atoms with Gasteiger partial charge in [0.25, 0.3) is 0 Å². The maximum atomic E-state index is 11.1. The minimum atomic E-state index is -0.762. The summed E-state index contributed by atoms with van der Waals surface area (Å²) in [4.78, 5) is 13.2. The van der Waals surface area contributed by atoms with Gasteiger partial charge in [-0.3, -0.25) is 4.79 Å². The first-order valence-corrected chi connectivity index (χ1v) is 7.05. The Labute approximate surface area is 121 Å². The molecule has 0 fully saturated rings. The Bertz CT molecular complexity index is 431. The molecule has 1 rings (SSSR count). The monoisotopic (exact) mass is 279 g/mol. The van der Waals surface area contributed by atoms with E-state index in [0.717, 1.165) is 24.4 Å². The fourth-order valence-corrected chi connectivity index (χ4v) is 1.96. The average Bonchev–Trinajstić information content (AvgIpc) is 2.42. The van der Waals surface area contributed by atoms with Crippen LogP contribution in [0.3, 0.4) is 0 Å². The van der Waals surface area contributed by atoms with Crippen LogP contribution in [0.1, 0.15) is 27.2 Å². The van der Waals surface area contributed by atoms with Crippen molar-refractivity contribution in [2.24, 2.45) is 11.8 Å². The number of carbonyl (C=O) groups is 1. The molecule has 1 aromatic carbocycles. The van der Waals surface area contributed by atoms with Crippen molar-refractivity contribution in [1.82, 2.24) is 0 Å². The predicted octanol–water partition coefficient (Wildman–Crippen LogP) is 3.27. The molecular weight excluding hydrogens is 254 g/mol. The number of rotatable bonds is 8. The van der Waals surface area contributed by atoms with Gasteiger partial charge in [-0.2, -0.15) is 0 Å². The molecular formula is C16H25NO3. The summed E-state index contributed by atoms with van der Waals surface area (Å²) in [5.74, 6) is 0.221. The summed E-state index contributed by atoms with van der Waals surface area (Å²) in [6.07, 6.45) is 1.03. The topological polar surface area (TPSA) is 49.8 Å². The number of nitrogens with zero attached hydrogens (tertiary/aromatic N) is 1. The molecule has 20 heavy (non-hydrogen) atoms. The molecule has 0 aliphatic rings. The van der Waals surface area contributed by atoms with Gasteiger partial charge in [-0.05, 0) is 24.5 Å². The van der Waals surface area contributed by atoms with Gasteiger partial charge in [-0.15, -0.1) is 0 Å². The highest BCUT2D eigenvalue weighted by atomic mass is 16.5. The lowest BCUT2D eigenvalue weighted by atomic mass is 10.1. The Hall–Kier alpha value is -1.71. The summed E-state index contributed by atoms with van der Waals surface area (Å²) in [5, 5.41) is 9.10. The van der Waals surface area contributed by atoms with Crippen LogP contribution in [-0.4, -0.2) is 31.3 Å². The first-order valence-electron chi connectivity index (χ1n) is 7.05. The van der Waals surface area contributed by atoms with Gasteiger partial charge in [0.2, 0.25) is 0 Å². The van der Waals surface area contributed by atoms with Gasteiger partial charge in [0, 0.05) is 24.8 Å². The van der Waals surface area contributed by atoms with E-state index in [9.17, 15) is 4.79 Å². The van der Waals surface area contributed by atoms with E-state index in [-0.39, 0.29) is 0 Å². The summed E-state index contributed by atoms with van der Waals surface area (Å²) in [6.45, 7) is 7.44.